The predicted octanol–water partition coefficient (Wildman–Crippen LogP) is 9.48. The van der Waals surface area contributed by atoms with Crippen LogP contribution in [0.5, 0.6) is 11.5 Å². The summed E-state index contributed by atoms with van der Waals surface area (Å²) in [5, 5.41) is 9.32. The minimum absolute atomic E-state index is 0.340. The maximum absolute atomic E-state index is 12.5. The Morgan fingerprint density at radius 2 is 0.911 bits per heavy atom. The fourth-order valence-electron chi connectivity index (χ4n) is 5.27. The van der Waals surface area contributed by atoms with Gasteiger partial charge in [-0.3, -0.25) is 9.36 Å². The van der Waals surface area contributed by atoms with E-state index in [4.69, 9.17) is 14.6 Å². The first kappa shape index (κ1) is 38.1. The van der Waals surface area contributed by atoms with Gasteiger partial charge in [-0.05, 0) is 73.4 Å². The lowest BCUT2D eigenvalue weighted by molar-refractivity contribution is -0.137. The molecule has 3 aromatic rings. The van der Waals surface area contributed by atoms with E-state index < -0.39 is 13.3 Å². The van der Waals surface area contributed by atoms with Crippen LogP contribution in [0.4, 0.5) is 0 Å². The summed E-state index contributed by atoms with van der Waals surface area (Å²) in [6.07, 6.45) is 21.2. The van der Waals surface area contributed by atoms with Crippen LogP contribution in [0, 0.1) is 0 Å². The van der Waals surface area contributed by atoms with E-state index in [2.05, 4.69) is 30.3 Å². The van der Waals surface area contributed by atoms with Crippen LogP contribution >= 0.6 is 7.37 Å². The summed E-state index contributed by atoms with van der Waals surface area (Å²) < 4.78 is 22.6. The highest BCUT2D eigenvalue weighted by atomic mass is 31.2. The van der Waals surface area contributed by atoms with E-state index in [0.29, 0.717) is 28.5 Å². The lowest BCUT2D eigenvalue weighted by Gasteiger charge is -2.13. The number of unbranched alkanes of at least 4 members (excludes halogenated alkanes) is 14. The van der Waals surface area contributed by atoms with Gasteiger partial charge in [0.15, 0.2) is 0 Å². The van der Waals surface area contributed by atoms with Crippen LogP contribution in [0.2, 0.25) is 0 Å². The number of carboxylic acids is 1. The molecule has 45 heavy (non-hydrogen) atoms. The van der Waals surface area contributed by atoms with Crippen LogP contribution in [0.3, 0.4) is 0 Å². The zero-order valence-electron chi connectivity index (χ0n) is 27.5. The number of carboxylic acid groups (broad SMARTS) is 1. The van der Waals surface area contributed by atoms with E-state index in [1.54, 1.807) is 62.8 Å². The molecule has 0 heterocycles. The SMILES string of the molecule is COc1ccc(P(=O)(O)c2ccc(OC)cc2)cc1.O=C(O)CCCCCCCCCCCCCCCCCc1ccccc1. The van der Waals surface area contributed by atoms with Gasteiger partial charge >= 0.3 is 5.97 Å². The Bertz CT molecular complexity index is 1160. The van der Waals surface area contributed by atoms with Crippen LogP contribution in [-0.2, 0) is 15.8 Å². The fraction of sp³-hybridized carbons (Fsp3) is 0.500. The smallest absolute Gasteiger partial charge is 0.303 e. The molecule has 0 radical (unpaired) electrons. The Balaban J connectivity index is 0.000000328. The molecule has 3 rings (SSSR count). The third-order valence-corrected chi connectivity index (χ3v) is 10.0. The first-order valence-electron chi connectivity index (χ1n) is 16.7. The minimum Gasteiger partial charge on any atom is -0.497 e. The maximum Gasteiger partial charge on any atom is 0.303 e. The Morgan fingerprint density at radius 3 is 1.27 bits per heavy atom. The van der Waals surface area contributed by atoms with Crippen molar-refractivity contribution >= 4 is 23.9 Å². The highest BCUT2D eigenvalue weighted by Crippen LogP contribution is 2.38. The molecule has 248 valence electrons. The van der Waals surface area contributed by atoms with Crippen molar-refractivity contribution in [2.24, 2.45) is 0 Å². The molecule has 0 atom stereocenters. The van der Waals surface area contributed by atoms with Crippen LogP contribution in [0.1, 0.15) is 108 Å². The number of hydrogen-bond donors (Lipinski definition) is 2. The largest absolute Gasteiger partial charge is 0.497 e. The third kappa shape index (κ3) is 16.7. The second-order valence-electron chi connectivity index (χ2n) is 11.7. The van der Waals surface area contributed by atoms with Crippen molar-refractivity contribution in [1.82, 2.24) is 0 Å². The Morgan fingerprint density at radius 1 is 0.556 bits per heavy atom. The molecule has 0 aliphatic heterocycles. The average Bonchev–Trinajstić information content (AvgIpc) is 3.07. The van der Waals surface area contributed by atoms with Crippen molar-refractivity contribution in [3.8, 4) is 11.5 Å². The van der Waals surface area contributed by atoms with E-state index in [1.165, 1.54) is 95.5 Å². The first-order valence-corrected chi connectivity index (χ1v) is 18.4. The minimum atomic E-state index is -3.57. The van der Waals surface area contributed by atoms with Crippen molar-refractivity contribution in [3.05, 3.63) is 84.4 Å². The third-order valence-electron chi connectivity index (χ3n) is 8.04. The number of aryl methyl sites for hydroxylation is 1. The molecule has 0 fully saturated rings. The Kier molecular flexibility index (Phi) is 19.7. The van der Waals surface area contributed by atoms with Gasteiger partial charge in [-0.2, -0.15) is 0 Å². The highest BCUT2D eigenvalue weighted by Gasteiger charge is 2.24. The van der Waals surface area contributed by atoms with Gasteiger partial charge in [0.25, 0.3) is 7.37 Å². The Labute approximate surface area is 271 Å². The highest BCUT2D eigenvalue weighted by molar-refractivity contribution is 7.73. The molecule has 0 aromatic heterocycles. The average molecular weight is 639 g/mol. The molecular weight excluding hydrogens is 583 g/mol. The summed E-state index contributed by atoms with van der Waals surface area (Å²) in [5.41, 5.74) is 1.48. The van der Waals surface area contributed by atoms with Gasteiger partial charge in [0.1, 0.15) is 11.5 Å². The van der Waals surface area contributed by atoms with Crippen molar-refractivity contribution < 1.29 is 28.8 Å². The molecule has 3 aromatic carbocycles. The quantitative estimate of drug-likeness (QED) is 0.0841. The summed E-state index contributed by atoms with van der Waals surface area (Å²) in [4.78, 5) is 20.7. The number of rotatable bonds is 22. The number of carbonyl (C=O) groups is 1. The van der Waals surface area contributed by atoms with Crippen molar-refractivity contribution in [2.45, 2.75) is 109 Å². The van der Waals surface area contributed by atoms with E-state index in [1.807, 2.05) is 0 Å². The molecule has 0 saturated heterocycles. The van der Waals surface area contributed by atoms with Gasteiger partial charge in [0.2, 0.25) is 0 Å². The number of methoxy groups -OCH3 is 2. The molecule has 0 spiro atoms. The van der Waals surface area contributed by atoms with Gasteiger partial charge in [0.05, 0.1) is 14.2 Å². The molecular formula is C38H55O6P. The van der Waals surface area contributed by atoms with Crippen molar-refractivity contribution in [2.75, 3.05) is 14.2 Å². The lowest BCUT2D eigenvalue weighted by atomic mass is 10.0. The number of ether oxygens (including phenoxy) is 2. The topological polar surface area (TPSA) is 93.1 Å². The summed E-state index contributed by atoms with van der Waals surface area (Å²) in [5.74, 6) is 0.647. The van der Waals surface area contributed by atoms with E-state index in [0.717, 1.165) is 12.8 Å². The molecule has 6 nitrogen and oxygen atoms in total. The second-order valence-corrected chi connectivity index (χ2v) is 13.8. The van der Waals surface area contributed by atoms with E-state index in [-0.39, 0.29) is 0 Å². The van der Waals surface area contributed by atoms with E-state index in [9.17, 15) is 14.3 Å². The van der Waals surface area contributed by atoms with Crippen LogP contribution < -0.4 is 20.1 Å². The summed E-state index contributed by atoms with van der Waals surface area (Å²) in [6.45, 7) is 0. The number of hydrogen-bond acceptors (Lipinski definition) is 4. The zero-order valence-corrected chi connectivity index (χ0v) is 28.4. The van der Waals surface area contributed by atoms with Crippen LogP contribution in [-0.4, -0.2) is 30.2 Å². The molecule has 2 N–H and O–H groups in total. The van der Waals surface area contributed by atoms with Crippen LogP contribution in [0.15, 0.2) is 78.9 Å². The van der Waals surface area contributed by atoms with Gasteiger partial charge in [0, 0.05) is 17.0 Å². The van der Waals surface area contributed by atoms with Gasteiger partial charge in [-0.15, -0.1) is 0 Å². The summed E-state index contributed by atoms with van der Waals surface area (Å²) in [7, 11) is -0.464. The summed E-state index contributed by atoms with van der Waals surface area (Å²) >= 11 is 0. The van der Waals surface area contributed by atoms with Gasteiger partial charge < -0.3 is 19.5 Å². The predicted molar refractivity (Wildman–Crippen MR) is 187 cm³/mol. The molecule has 0 aliphatic carbocycles. The maximum atomic E-state index is 12.5. The van der Waals surface area contributed by atoms with Gasteiger partial charge in [-0.1, -0.05) is 114 Å². The molecule has 0 aliphatic rings. The normalized spacial score (nSPS) is 11.0. The van der Waals surface area contributed by atoms with Crippen molar-refractivity contribution in [3.63, 3.8) is 0 Å². The number of aliphatic carboxylic acids is 1. The van der Waals surface area contributed by atoms with E-state index >= 15 is 0 Å². The van der Waals surface area contributed by atoms with Gasteiger partial charge in [-0.25, -0.2) is 0 Å². The standard InChI is InChI=1S/C24H40O2.C14H15O4P/c25-24(26)22-18-13-11-9-7-5-3-1-2-4-6-8-10-12-15-19-23-20-16-14-17-21-23;1-17-11-3-7-13(8-4-11)19(15,16)14-9-5-12(18-2)6-10-14/h14,16-17,20-21H,1-13,15,18-19,22H2,(H,25,26);3-10H,1-2H3,(H,15,16). The zero-order chi connectivity index (χ0) is 32.6. The lowest BCUT2D eigenvalue weighted by Crippen LogP contribution is -2.15. The number of benzene rings is 3. The molecule has 7 heteroatoms. The monoisotopic (exact) mass is 638 g/mol. The molecule has 0 unspecified atom stereocenters. The first-order chi connectivity index (χ1) is 21.9. The fourth-order valence-corrected chi connectivity index (χ4v) is 6.67. The van der Waals surface area contributed by atoms with Crippen molar-refractivity contribution in [1.29, 1.82) is 0 Å². The summed E-state index contributed by atoms with van der Waals surface area (Å²) in [6, 6.07) is 23.9. The molecule has 0 bridgehead atoms. The van der Waals surface area contributed by atoms with Crippen LogP contribution in [0.25, 0.3) is 0 Å². The molecule has 0 amide bonds. The second kappa shape index (κ2) is 23.3. The molecule has 0 saturated carbocycles. The Hall–Kier alpha value is -3.08.